The maximum Gasteiger partial charge on any atom is 0.293 e. The Morgan fingerprint density at radius 3 is 3.11 bits per heavy atom. The third-order valence-electron chi connectivity index (χ3n) is 2.74. The molecule has 0 bridgehead atoms. The van der Waals surface area contributed by atoms with Crippen LogP contribution in [0.1, 0.15) is 11.1 Å². The summed E-state index contributed by atoms with van der Waals surface area (Å²) in [6.45, 7) is 2.80. The van der Waals surface area contributed by atoms with Crippen molar-refractivity contribution in [2.75, 3.05) is 6.61 Å². The number of rotatable bonds is 5. The van der Waals surface area contributed by atoms with Gasteiger partial charge in [0.25, 0.3) is 6.47 Å². The fraction of sp³-hybridized carbons (Fsp3) is 0.231. The van der Waals surface area contributed by atoms with E-state index in [0.29, 0.717) is 24.5 Å². The van der Waals surface area contributed by atoms with Crippen LogP contribution in [0.15, 0.2) is 24.4 Å². The molecule has 1 heterocycles. The maximum absolute atomic E-state index is 10.1. The summed E-state index contributed by atoms with van der Waals surface area (Å²) < 4.78 is 4.70. The monoisotopic (exact) mass is 264 g/mol. The zero-order chi connectivity index (χ0) is 13.0. The van der Waals surface area contributed by atoms with Gasteiger partial charge in [0, 0.05) is 22.6 Å². The minimum Gasteiger partial charge on any atom is -0.468 e. The molecule has 0 atom stereocenters. The molecule has 94 valence electrons. The number of aryl methyl sites for hydroxylation is 1. The van der Waals surface area contributed by atoms with Gasteiger partial charge in [0.05, 0.1) is 18.5 Å². The van der Waals surface area contributed by atoms with Gasteiger partial charge in [-0.3, -0.25) is 9.89 Å². The Kier molecular flexibility index (Phi) is 3.99. The van der Waals surface area contributed by atoms with Gasteiger partial charge in [0.1, 0.15) is 0 Å². The summed E-state index contributed by atoms with van der Waals surface area (Å²) in [5.74, 6) is 0. The van der Waals surface area contributed by atoms with Crippen LogP contribution in [-0.2, 0) is 16.0 Å². The number of ether oxygens (including phenoxy) is 1. The lowest BCUT2D eigenvalue weighted by Crippen LogP contribution is -1.97. The van der Waals surface area contributed by atoms with Crippen molar-refractivity contribution < 1.29 is 9.53 Å². The molecule has 0 amide bonds. The molecule has 0 saturated carbocycles. The molecule has 2 rings (SSSR count). The van der Waals surface area contributed by atoms with Gasteiger partial charge in [-0.25, -0.2) is 0 Å². The second-order valence-electron chi connectivity index (χ2n) is 3.95. The first-order valence-corrected chi connectivity index (χ1v) is 5.94. The summed E-state index contributed by atoms with van der Waals surface area (Å²) in [4.78, 5) is 10.1. The van der Waals surface area contributed by atoms with Crippen molar-refractivity contribution in [3.8, 4) is 11.3 Å². The van der Waals surface area contributed by atoms with Crippen LogP contribution in [0.2, 0.25) is 5.02 Å². The Morgan fingerprint density at radius 2 is 2.33 bits per heavy atom. The SMILES string of the molecule is Cc1ccc(Cl)cc1-c1[nH]ncc1CCOC=O. The average Bonchev–Trinajstić information content (AvgIpc) is 2.81. The van der Waals surface area contributed by atoms with Gasteiger partial charge in [0.2, 0.25) is 0 Å². The number of nitrogens with zero attached hydrogens (tertiary/aromatic N) is 1. The number of aromatic nitrogens is 2. The van der Waals surface area contributed by atoms with E-state index in [0.717, 1.165) is 22.4 Å². The highest BCUT2D eigenvalue weighted by molar-refractivity contribution is 6.30. The third kappa shape index (κ3) is 2.71. The van der Waals surface area contributed by atoms with E-state index in [1.54, 1.807) is 6.20 Å². The number of carbonyl (C=O) groups is 1. The summed E-state index contributed by atoms with van der Waals surface area (Å²) in [7, 11) is 0. The van der Waals surface area contributed by atoms with Crippen molar-refractivity contribution in [2.45, 2.75) is 13.3 Å². The Labute approximate surface area is 110 Å². The van der Waals surface area contributed by atoms with E-state index >= 15 is 0 Å². The van der Waals surface area contributed by atoms with Gasteiger partial charge in [-0.1, -0.05) is 17.7 Å². The predicted octanol–water partition coefficient (Wildman–Crippen LogP) is 2.75. The third-order valence-corrected chi connectivity index (χ3v) is 2.98. The minimum absolute atomic E-state index is 0.343. The molecule has 0 saturated heterocycles. The van der Waals surface area contributed by atoms with Crippen LogP contribution in [0.25, 0.3) is 11.3 Å². The zero-order valence-electron chi connectivity index (χ0n) is 9.94. The van der Waals surface area contributed by atoms with Crippen LogP contribution < -0.4 is 0 Å². The molecule has 1 aromatic carbocycles. The molecule has 18 heavy (non-hydrogen) atoms. The lowest BCUT2D eigenvalue weighted by atomic mass is 10.0. The van der Waals surface area contributed by atoms with Crippen molar-refractivity contribution in [3.63, 3.8) is 0 Å². The largest absolute Gasteiger partial charge is 0.468 e. The van der Waals surface area contributed by atoms with Crippen molar-refractivity contribution in [3.05, 3.63) is 40.5 Å². The summed E-state index contributed by atoms with van der Waals surface area (Å²) in [6.07, 6.45) is 2.36. The molecule has 0 fully saturated rings. The Hall–Kier alpha value is -1.81. The van der Waals surface area contributed by atoms with Crippen molar-refractivity contribution in [1.82, 2.24) is 10.2 Å². The number of H-pyrrole nitrogens is 1. The van der Waals surface area contributed by atoms with Crippen LogP contribution in [0.4, 0.5) is 0 Å². The van der Waals surface area contributed by atoms with Crippen molar-refractivity contribution >= 4 is 18.1 Å². The van der Waals surface area contributed by atoms with E-state index < -0.39 is 0 Å². The molecule has 4 nitrogen and oxygen atoms in total. The van der Waals surface area contributed by atoms with Crippen LogP contribution in [0.5, 0.6) is 0 Å². The molecule has 5 heteroatoms. The van der Waals surface area contributed by atoms with Gasteiger partial charge in [-0.05, 0) is 24.6 Å². The summed E-state index contributed by atoms with van der Waals surface area (Å²) in [5.41, 5.74) is 4.05. The van der Waals surface area contributed by atoms with Crippen LogP contribution in [0, 0.1) is 6.92 Å². The topological polar surface area (TPSA) is 55.0 Å². The molecule has 0 aliphatic rings. The summed E-state index contributed by atoms with van der Waals surface area (Å²) in [6, 6.07) is 5.71. The fourth-order valence-corrected chi connectivity index (χ4v) is 1.99. The molecule has 0 aliphatic heterocycles. The first-order chi connectivity index (χ1) is 8.72. The van der Waals surface area contributed by atoms with Gasteiger partial charge in [-0.15, -0.1) is 0 Å². The molecule has 2 aromatic rings. The predicted molar refractivity (Wildman–Crippen MR) is 69.5 cm³/mol. The molecule has 0 radical (unpaired) electrons. The van der Waals surface area contributed by atoms with Crippen molar-refractivity contribution in [1.29, 1.82) is 0 Å². The summed E-state index contributed by atoms with van der Waals surface area (Å²) >= 11 is 6.01. The van der Waals surface area contributed by atoms with Crippen LogP contribution >= 0.6 is 11.6 Å². The Morgan fingerprint density at radius 1 is 1.50 bits per heavy atom. The van der Waals surface area contributed by atoms with Gasteiger partial charge < -0.3 is 4.74 Å². The van der Waals surface area contributed by atoms with E-state index in [4.69, 9.17) is 16.3 Å². The number of hydrogen-bond donors (Lipinski definition) is 1. The number of hydrogen-bond acceptors (Lipinski definition) is 3. The maximum atomic E-state index is 10.1. The lowest BCUT2D eigenvalue weighted by Gasteiger charge is -2.07. The number of aromatic amines is 1. The van der Waals surface area contributed by atoms with Crippen LogP contribution in [-0.4, -0.2) is 23.3 Å². The van der Waals surface area contributed by atoms with Gasteiger partial charge in [0.15, 0.2) is 0 Å². The van der Waals surface area contributed by atoms with E-state index in [9.17, 15) is 4.79 Å². The zero-order valence-corrected chi connectivity index (χ0v) is 10.7. The standard InChI is InChI=1S/C13H13ClN2O2/c1-9-2-3-11(14)6-12(9)13-10(7-15-16-13)4-5-18-8-17/h2-3,6-8H,4-5H2,1H3,(H,15,16). The number of carbonyl (C=O) groups excluding carboxylic acids is 1. The lowest BCUT2D eigenvalue weighted by molar-refractivity contribution is -0.128. The molecule has 0 unspecified atom stereocenters. The smallest absolute Gasteiger partial charge is 0.293 e. The molecular weight excluding hydrogens is 252 g/mol. The van der Waals surface area contributed by atoms with Gasteiger partial charge >= 0.3 is 0 Å². The normalized spacial score (nSPS) is 10.3. The van der Waals surface area contributed by atoms with E-state index in [2.05, 4.69) is 10.2 Å². The molecule has 0 spiro atoms. The Bertz CT molecular complexity index is 552. The second kappa shape index (κ2) is 5.69. The van der Waals surface area contributed by atoms with E-state index in [1.165, 1.54) is 0 Å². The number of nitrogens with one attached hydrogen (secondary N) is 1. The minimum atomic E-state index is 0.343. The second-order valence-corrected chi connectivity index (χ2v) is 4.38. The first kappa shape index (κ1) is 12.6. The highest BCUT2D eigenvalue weighted by Gasteiger charge is 2.10. The fourth-order valence-electron chi connectivity index (χ4n) is 1.81. The van der Waals surface area contributed by atoms with E-state index in [1.807, 2.05) is 25.1 Å². The van der Waals surface area contributed by atoms with Crippen LogP contribution in [0.3, 0.4) is 0 Å². The first-order valence-electron chi connectivity index (χ1n) is 5.56. The number of halogens is 1. The van der Waals surface area contributed by atoms with Crippen molar-refractivity contribution in [2.24, 2.45) is 0 Å². The summed E-state index contributed by atoms with van der Waals surface area (Å²) in [5, 5.41) is 7.68. The highest BCUT2D eigenvalue weighted by atomic mass is 35.5. The highest BCUT2D eigenvalue weighted by Crippen LogP contribution is 2.27. The molecule has 1 aromatic heterocycles. The average molecular weight is 265 g/mol. The molecule has 0 aliphatic carbocycles. The quantitative estimate of drug-likeness (QED) is 0.667. The molecule has 1 N–H and O–H groups in total. The van der Waals surface area contributed by atoms with E-state index in [-0.39, 0.29) is 0 Å². The van der Waals surface area contributed by atoms with Gasteiger partial charge in [-0.2, -0.15) is 5.10 Å². The number of benzene rings is 1. The molecular formula is C13H13ClN2O2. The Balaban J connectivity index is 2.30.